The van der Waals surface area contributed by atoms with Crippen LogP contribution in [0.4, 0.5) is 24.0 Å². The highest BCUT2D eigenvalue weighted by molar-refractivity contribution is 7.22. The number of carbonyl (C=O) groups is 2. The predicted octanol–water partition coefficient (Wildman–Crippen LogP) is 3.20. The van der Waals surface area contributed by atoms with Crippen molar-refractivity contribution >= 4 is 44.2 Å². The number of aromatic nitrogens is 2. The Bertz CT molecular complexity index is 1170. The van der Waals surface area contributed by atoms with Crippen LogP contribution >= 0.6 is 11.3 Å². The summed E-state index contributed by atoms with van der Waals surface area (Å²) in [5, 5.41) is 18.2. The molecular formula is C20H22F3N5O5S. The van der Waals surface area contributed by atoms with Gasteiger partial charge in [0.25, 0.3) is 5.91 Å². The number of aliphatic carboxylic acids is 1. The molecule has 10 nitrogen and oxygen atoms in total. The van der Waals surface area contributed by atoms with Crippen LogP contribution < -0.4 is 20.3 Å². The number of carbonyl (C=O) groups excluding carboxylic acids is 1. The first-order chi connectivity index (χ1) is 16.0. The van der Waals surface area contributed by atoms with Crippen molar-refractivity contribution in [3.8, 4) is 5.75 Å². The number of alkyl halides is 3. The van der Waals surface area contributed by atoms with E-state index in [0.717, 1.165) is 36.0 Å². The highest BCUT2D eigenvalue weighted by Gasteiger charge is 2.38. The average molecular weight is 501 g/mol. The van der Waals surface area contributed by atoms with Crippen molar-refractivity contribution in [1.82, 2.24) is 15.5 Å². The van der Waals surface area contributed by atoms with Gasteiger partial charge < -0.3 is 29.9 Å². The lowest BCUT2D eigenvalue weighted by atomic mass is 10.1. The van der Waals surface area contributed by atoms with E-state index in [1.807, 2.05) is 0 Å². The Morgan fingerprint density at radius 1 is 1.26 bits per heavy atom. The number of fused-ring (bicyclic) bond motifs is 1. The molecule has 3 aromatic rings. The molecule has 0 bridgehead atoms. The molecule has 1 aromatic carbocycles. The SMILES string of the molecule is COc1ccc(C(=O)Nc2c(C)noc2C)c2sc(N3CCNCC3)nc12.O=C(O)C(F)(F)F. The van der Waals surface area contributed by atoms with Gasteiger partial charge in [-0.1, -0.05) is 16.5 Å². The first kappa shape index (κ1) is 25.2. The highest BCUT2D eigenvalue weighted by Crippen LogP contribution is 2.37. The van der Waals surface area contributed by atoms with E-state index in [-0.39, 0.29) is 5.91 Å². The number of anilines is 2. The molecule has 0 spiro atoms. The van der Waals surface area contributed by atoms with Gasteiger partial charge in [-0.15, -0.1) is 0 Å². The number of nitrogens with one attached hydrogen (secondary N) is 2. The zero-order valence-corrected chi connectivity index (χ0v) is 19.3. The monoisotopic (exact) mass is 501 g/mol. The van der Waals surface area contributed by atoms with Crippen LogP contribution in [0.25, 0.3) is 10.2 Å². The molecule has 3 heterocycles. The van der Waals surface area contributed by atoms with Gasteiger partial charge in [0.05, 0.1) is 17.4 Å². The smallest absolute Gasteiger partial charge is 0.490 e. The molecule has 3 N–H and O–H groups in total. The second kappa shape index (κ2) is 10.3. The second-order valence-corrected chi connectivity index (χ2v) is 8.16. The van der Waals surface area contributed by atoms with E-state index in [2.05, 4.69) is 20.7 Å². The van der Waals surface area contributed by atoms with Gasteiger partial charge in [0.2, 0.25) is 0 Å². The fourth-order valence-electron chi connectivity index (χ4n) is 3.15. The van der Waals surface area contributed by atoms with Crippen LogP contribution in [0.2, 0.25) is 0 Å². The summed E-state index contributed by atoms with van der Waals surface area (Å²) in [6.07, 6.45) is -5.08. The molecule has 0 radical (unpaired) electrons. The third-order valence-corrected chi connectivity index (χ3v) is 6.01. The summed E-state index contributed by atoms with van der Waals surface area (Å²) in [5.41, 5.74) is 2.53. The molecule has 2 aromatic heterocycles. The number of hydrogen-bond donors (Lipinski definition) is 3. The van der Waals surface area contributed by atoms with Crippen LogP contribution in [0.3, 0.4) is 0 Å². The zero-order chi connectivity index (χ0) is 25.0. The molecule has 0 saturated carbocycles. The molecule has 14 heteroatoms. The minimum absolute atomic E-state index is 0.215. The fourth-order valence-corrected chi connectivity index (χ4v) is 4.29. The number of piperazine rings is 1. The zero-order valence-electron chi connectivity index (χ0n) is 18.4. The molecule has 1 fully saturated rings. The van der Waals surface area contributed by atoms with Crippen molar-refractivity contribution in [2.45, 2.75) is 20.0 Å². The lowest BCUT2D eigenvalue weighted by molar-refractivity contribution is -0.192. The number of benzene rings is 1. The summed E-state index contributed by atoms with van der Waals surface area (Å²) < 4.78 is 43.1. The summed E-state index contributed by atoms with van der Waals surface area (Å²) >= 11 is 1.52. The molecule has 0 atom stereocenters. The lowest BCUT2D eigenvalue weighted by Gasteiger charge is -2.26. The number of aryl methyl sites for hydroxylation is 2. The Balaban J connectivity index is 0.000000406. The highest BCUT2D eigenvalue weighted by atomic mass is 32.1. The number of nitrogens with zero attached hydrogens (tertiary/aromatic N) is 3. The fraction of sp³-hybridized carbons (Fsp3) is 0.400. The summed E-state index contributed by atoms with van der Waals surface area (Å²) in [6, 6.07) is 3.56. The molecule has 1 saturated heterocycles. The van der Waals surface area contributed by atoms with Gasteiger partial charge in [0.1, 0.15) is 22.6 Å². The van der Waals surface area contributed by atoms with E-state index in [1.54, 1.807) is 33.1 Å². The maximum atomic E-state index is 12.9. The molecule has 1 aliphatic rings. The van der Waals surface area contributed by atoms with E-state index in [4.69, 9.17) is 24.1 Å². The van der Waals surface area contributed by atoms with Gasteiger partial charge in [0.15, 0.2) is 10.9 Å². The van der Waals surface area contributed by atoms with Crippen LogP contribution in [-0.4, -0.2) is 66.6 Å². The van der Waals surface area contributed by atoms with E-state index in [0.29, 0.717) is 34.0 Å². The summed E-state index contributed by atoms with van der Waals surface area (Å²) in [4.78, 5) is 28.8. The minimum Gasteiger partial charge on any atom is -0.494 e. The van der Waals surface area contributed by atoms with Crippen molar-refractivity contribution in [2.75, 3.05) is 43.5 Å². The topological polar surface area (TPSA) is 130 Å². The number of amides is 1. The number of halogens is 3. The van der Waals surface area contributed by atoms with E-state index < -0.39 is 12.1 Å². The van der Waals surface area contributed by atoms with Gasteiger partial charge >= 0.3 is 12.1 Å². The van der Waals surface area contributed by atoms with Crippen molar-refractivity contribution in [1.29, 1.82) is 0 Å². The number of ether oxygens (including phenoxy) is 1. The maximum Gasteiger partial charge on any atom is 0.490 e. The number of carboxylic acid groups (broad SMARTS) is 1. The van der Waals surface area contributed by atoms with Crippen LogP contribution in [0.5, 0.6) is 5.75 Å². The van der Waals surface area contributed by atoms with Crippen molar-refractivity contribution in [3.05, 3.63) is 29.2 Å². The normalized spacial score (nSPS) is 13.9. The third kappa shape index (κ3) is 5.56. The first-order valence-corrected chi connectivity index (χ1v) is 10.8. The van der Waals surface area contributed by atoms with Crippen LogP contribution in [-0.2, 0) is 4.79 Å². The van der Waals surface area contributed by atoms with Gasteiger partial charge in [-0.05, 0) is 26.0 Å². The molecule has 184 valence electrons. The Morgan fingerprint density at radius 3 is 2.44 bits per heavy atom. The average Bonchev–Trinajstić information content (AvgIpc) is 3.38. The van der Waals surface area contributed by atoms with Crippen molar-refractivity contribution in [3.63, 3.8) is 0 Å². The quantitative estimate of drug-likeness (QED) is 0.493. The Kier molecular flexibility index (Phi) is 7.61. The number of carboxylic acids is 1. The van der Waals surface area contributed by atoms with E-state index in [9.17, 15) is 18.0 Å². The van der Waals surface area contributed by atoms with Gasteiger partial charge in [-0.2, -0.15) is 13.2 Å². The second-order valence-electron chi connectivity index (χ2n) is 7.18. The molecule has 1 amide bonds. The molecule has 0 unspecified atom stereocenters. The largest absolute Gasteiger partial charge is 0.494 e. The van der Waals surface area contributed by atoms with Gasteiger partial charge in [-0.25, -0.2) is 9.78 Å². The van der Waals surface area contributed by atoms with Crippen LogP contribution in [0, 0.1) is 13.8 Å². The summed E-state index contributed by atoms with van der Waals surface area (Å²) in [5.74, 6) is -1.73. The number of rotatable bonds is 4. The minimum atomic E-state index is -5.08. The van der Waals surface area contributed by atoms with E-state index in [1.165, 1.54) is 11.3 Å². The van der Waals surface area contributed by atoms with Crippen molar-refractivity contribution < 1.29 is 37.1 Å². The first-order valence-electron chi connectivity index (χ1n) is 10.0. The van der Waals surface area contributed by atoms with Crippen LogP contribution in [0.15, 0.2) is 16.7 Å². The predicted molar refractivity (Wildman–Crippen MR) is 119 cm³/mol. The maximum absolute atomic E-state index is 12.9. The Morgan fingerprint density at radius 2 is 1.91 bits per heavy atom. The molecular weight excluding hydrogens is 479 g/mol. The number of methoxy groups -OCH3 is 1. The Hall–Kier alpha value is -3.39. The standard InChI is InChI=1S/C18H21N5O3S.C2HF3O2/c1-10-14(11(2)26-22-10)20-17(24)12-4-5-13(25-3)15-16(12)27-18(21-15)23-8-6-19-7-9-23;3-2(4,5)1(6)7/h4-5,19H,6-9H2,1-3H3,(H,20,24);(H,6,7). The van der Waals surface area contributed by atoms with Gasteiger partial charge in [0, 0.05) is 26.2 Å². The lowest BCUT2D eigenvalue weighted by Crippen LogP contribution is -2.43. The Labute approximate surface area is 195 Å². The number of thiazole rings is 1. The molecule has 4 rings (SSSR count). The molecule has 34 heavy (non-hydrogen) atoms. The van der Waals surface area contributed by atoms with Gasteiger partial charge in [-0.3, -0.25) is 4.79 Å². The number of hydrogen-bond acceptors (Lipinski definition) is 9. The third-order valence-electron chi connectivity index (χ3n) is 4.86. The van der Waals surface area contributed by atoms with Crippen molar-refractivity contribution in [2.24, 2.45) is 0 Å². The summed E-state index contributed by atoms with van der Waals surface area (Å²) in [6.45, 7) is 7.20. The van der Waals surface area contributed by atoms with E-state index >= 15 is 0 Å². The molecule has 0 aliphatic carbocycles. The molecule has 1 aliphatic heterocycles. The summed E-state index contributed by atoms with van der Waals surface area (Å²) in [7, 11) is 1.61. The van der Waals surface area contributed by atoms with Crippen LogP contribution in [0.1, 0.15) is 21.8 Å².